The molecule has 20 heavy (non-hydrogen) atoms. The molecule has 1 aromatic rings. The molecule has 0 heterocycles. The lowest BCUT2D eigenvalue weighted by Gasteiger charge is -2.27. The fraction of sp³-hybridized carbons (Fsp3) is 0.562. The molecule has 1 aromatic carbocycles. The van der Waals surface area contributed by atoms with E-state index in [4.69, 9.17) is 5.11 Å². The molecule has 0 aliphatic heterocycles. The summed E-state index contributed by atoms with van der Waals surface area (Å²) < 4.78 is 0. The fourth-order valence-electron chi connectivity index (χ4n) is 2.28. The molecule has 0 saturated carbocycles. The van der Waals surface area contributed by atoms with Crippen molar-refractivity contribution >= 4 is 11.7 Å². The van der Waals surface area contributed by atoms with Crippen LogP contribution in [0.15, 0.2) is 24.3 Å². The molecule has 0 aliphatic carbocycles. The Morgan fingerprint density at radius 1 is 1.15 bits per heavy atom. The zero-order chi connectivity index (χ0) is 15.0. The highest BCUT2D eigenvalue weighted by molar-refractivity contribution is 5.68. The molecule has 4 nitrogen and oxygen atoms in total. The molecule has 0 atom stereocenters. The van der Waals surface area contributed by atoms with Crippen molar-refractivity contribution in [1.29, 1.82) is 0 Å². The number of carbonyl (C=O) groups is 1. The Labute approximate surface area is 122 Å². The number of nitrogens with zero attached hydrogens (tertiary/aromatic N) is 2. The highest BCUT2D eigenvalue weighted by Gasteiger charge is 2.11. The molecule has 4 heteroatoms. The molecule has 0 spiro atoms. The third-order valence-electron chi connectivity index (χ3n) is 3.34. The van der Waals surface area contributed by atoms with Crippen LogP contribution in [0.25, 0.3) is 0 Å². The topological polar surface area (TPSA) is 43.8 Å². The maximum atomic E-state index is 10.8. The monoisotopic (exact) mass is 278 g/mol. The van der Waals surface area contributed by atoms with Gasteiger partial charge in [-0.15, -0.1) is 0 Å². The van der Waals surface area contributed by atoms with Gasteiger partial charge in [-0.05, 0) is 45.1 Å². The van der Waals surface area contributed by atoms with Crippen LogP contribution in [0.1, 0.15) is 25.3 Å². The van der Waals surface area contributed by atoms with E-state index in [2.05, 4.69) is 43.0 Å². The Morgan fingerprint density at radius 2 is 1.85 bits per heavy atom. The van der Waals surface area contributed by atoms with Crippen LogP contribution in [0.3, 0.4) is 0 Å². The van der Waals surface area contributed by atoms with Gasteiger partial charge in [-0.2, -0.15) is 0 Å². The fourth-order valence-corrected chi connectivity index (χ4v) is 2.28. The number of carboxylic acid groups (broad SMARTS) is 1. The molecule has 0 unspecified atom stereocenters. The summed E-state index contributed by atoms with van der Waals surface area (Å²) in [5.74, 6) is -0.739. The van der Waals surface area contributed by atoms with Crippen LogP contribution in [0.2, 0.25) is 0 Å². The SMILES string of the molecule is CCc1ccccc1N(CCCN(C)C)CCC(=O)O. The first-order chi connectivity index (χ1) is 9.54. The van der Waals surface area contributed by atoms with Crippen molar-refractivity contribution in [2.45, 2.75) is 26.2 Å². The van der Waals surface area contributed by atoms with E-state index in [0.29, 0.717) is 6.54 Å². The van der Waals surface area contributed by atoms with Gasteiger partial charge >= 0.3 is 5.97 Å². The van der Waals surface area contributed by atoms with Gasteiger partial charge in [0.15, 0.2) is 0 Å². The molecule has 0 bridgehead atoms. The van der Waals surface area contributed by atoms with Crippen LogP contribution in [-0.2, 0) is 11.2 Å². The normalized spacial score (nSPS) is 10.8. The minimum absolute atomic E-state index is 0.181. The van der Waals surface area contributed by atoms with Crippen molar-refractivity contribution in [2.75, 3.05) is 38.6 Å². The summed E-state index contributed by atoms with van der Waals surface area (Å²) in [6.45, 7) is 4.61. The molecule has 0 aliphatic rings. The van der Waals surface area contributed by atoms with Crippen molar-refractivity contribution in [1.82, 2.24) is 4.90 Å². The van der Waals surface area contributed by atoms with Crippen LogP contribution < -0.4 is 4.90 Å². The van der Waals surface area contributed by atoms with E-state index in [1.165, 1.54) is 11.3 Å². The molecular formula is C16H26N2O2. The second kappa shape index (κ2) is 8.59. The summed E-state index contributed by atoms with van der Waals surface area (Å²) in [5.41, 5.74) is 2.46. The van der Waals surface area contributed by atoms with E-state index in [9.17, 15) is 4.79 Å². The van der Waals surface area contributed by atoms with Crippen LogP contribution in [0, 0.1) is 0 Å². The number of hydrogen-bond donors (Lipinski definition) is 1. The third-order valence-corrected chi connectivity index (χ3v) is 3.34. The number of aryl methyl sites for hydroxylation is 1. The second-order valence-corrected chi connectivity index (χ2v) is 5.27. The number of rotatable bonds is 9. The van der Waals surface area contributed by atoms with Gasteiger partial charge in [-0.3, -0.25) is 4.79 Å². The van der Waals surface area contributed by atoms with Gasteiger partial charge in [0.05, 0.1) is 6.42 Å². The first kappa shape index (κ1) is 16.5. The summed E-state index contributed by atoms with van der Waals surface area (Å²) in [6, 6.07) is 8.27. The Morgan fingerprint density at radius 3 is 2.45 bits per heavy atom. The standard InChI is InChI=1S/C16H26N2O2/c1-4-14-8-5-6-9-15(14)18(13-10-16(19)20)12-7-11-17(2)3/h5-6,8-9H,4,7,10-13H2,1-3H3,(H,19,20). The Hall–Kier alpha value is -1.55. The number of para-hydroxylation sites is 1. The van der Waals surface area contributed by atoms with Gasteiger partial charge in [0.2, 0.25) is 0 Å². The Bertz CT molecular complexity index is 419. The number of anilines is 1. The zero-order valence-electron chi connectivity index (χ0n) is 12.8. The largest absolute Gasteiger partial charge is 0.481 e. The molecule has 0 saturated heterocycles. The lowest BCUT2D eigenvalue weighted by molar-refractivity contribution is -0.136. The number of carboxylic acids is 1. The predicted octanol–water partition coefficient (Wildman–Crippen LogP) is 2.48. The second-order valence-electron chi connectivity index (χ2n) is 5.27. The lowest BCUT2D eigenvalue weighted by atomic mass is 10.1. The van der Waals surface area contributed by atoms with Gasteiger partial charge in [-0.25, -0.2) is 0 Å². The predicted molar refractivity (Wildman–Crippen MR) is 83.5 cm³/mol. The van der Waals surface area contributed by atoms with Crippen LogP contribution in [0.4, 0.5) is 5.69 Å². The van der Waals surface area contributed by atoms with E-state index in [1.807, 2.05) is 12.1 Å². The Balaban J connectivity index is 2.76. The van der Waals surface area contributed by atoms with E-state index in [-0.39, 0.29) is 6.42 Å². The third kappa shape index (κ3) is 5.61. The maximum Gasteiger partial charge on any atom is 0.305 e. The van der Waals surface area contributed by atoms with E-state index >= 15 is 0 Å². The lowest BCUT2D eigenvalue weighted by Crippen LogP contribution is -2.30. The van der Waals surface area contributed by atoms with Crippen LogP contribution in [-0.4, -0.2) is 49.7 Å². The summed E-state index contributed by atoms with van der Waals surface area (Å²) in [7, 11) is 4.11. The van der Waals surface area contributed by atoms with Crippen LogP contribution in [0.5, 0.6) is 0 Å². The van der Waals surface area contributed by atoms with E-state index in [0.717, 1.165) is 25.9 Å². The summed E-state index contributed by atoms with van der Waals surface area (Å²) in [4.78, 5) is 15.2. The number of aliphatic carboxylic acids is 1. The first-order valence-corrected chi connectivity index (χ1v) is 7.24. The summed E-state index contributed by atoms with van der Waals surface area (Å²) >= 11 is 0. The van der Waals surface area contributed by atoms with Gasteiger partial charge in [-0.1, -0.05) is 25.1 Å². The van der Waals surface area contributed by atoms with Gasteiger partial charge in [0.1, 0.15) is 0 Å². The highest BCUT2D eigenvalue weighted by Crippen LogP contribution is 2.21. The zero-order valence-corrected chi connectivity index (χ0v) is 12.8. The molecule has 112 valence electrons. The Kier molecular flexibility index (Phi) is 7.09. The summed E-state index contributed by atoms with van der Waals surface area (Å²) in [6.07, 6.45) is 2.18. The van der Waals surface area contributed by atoms with Gasteiger partial charge in [0.25, 0.3) is 0 Å². The maximum absolute atomic E-state index is 10.8. The van der Waals surface area contributed by atoms with E-state index < -0.39 is 5.97 Å². The molecule has 0 amide bonds. The highest BCUT2D eigenvalue weighted by atomic mass is 16.4. The molecule has 0 aromatic heterocycles. The van der Waals surface area contributed by atoms with Crippen molar-refractivity contribution in [3.8, 4) is 0 Å². The van der Waals surface area contributed by atoms with Crippen molar-refractivity contribution < 1.29 is 9.90 Å². The summed E-state index contributed by atoms with van der Waals surface area (Å²) in [5, 5.41) is 8.91. The smallest absolute Gasteiger partial charge is 0.305 e. The van der Waals surface area contributed by atoms with E-state index in [1.54, 1.807) is 0 Å². The molecule has 0 fully saturated rings. The molecule has 1 rings (SSSR count). The average Bonchev–Trinajstić information content (AvgIpc) is 2.42. The van der Waals surface area contributed by atoms with Crippen molar-refractivity contribution in [3.05, 3.63) is 29.8 Å². The molecule has 1 N–H and O–H groups in total. The van der Waals surface area contributed by atoms with Gasteiger partial charge < -0.3 is 14.9 Å². The molecular weight excluding hydrogens is 252 g/mol. The molecule has 0 radical (unpaired) electrons. The number of hydrogen-bond acceptors (Lipinski definition) is 3. The average molecular weight is 278 g/mol. The minimum Gasteiger partial charge on any atom is -0.481 e. The minimum atomic E-state index is -0.739. The van der Waals surface area contributed by atoms with Crippen molar-refractivity contribution in [2.24, 2.45) is 0 Å². The quantitative estimate of drug-likeness (QED) is 0.753. The first-order valence-electron chi connectivity index (χ1n) is 7.24. The van der Waals surface area contributed by atoms with Gasteiger partial charge in [0, 0.05) is 18.8 Å². The number of benzene rings is 1. The van der Waals surface area contributed by atoms with Crippen molar-refractivity contribution in [3.63, 3.8) is 0 Å². The van der Waals surface area contributed by atoms with Crippen LogP contribution >= 0.6 is 0 Å².